The Morgan fingerprint density at radius 1 is 1.48 bits per heavy atom. The first kappa shape index (κ1) is 15.8. The average Bonchev–Trinajstić information content (AvgIpc) is 2.86. The summed E-state index contributed by atoms with van der Waals surface area (Å²) in [6.45, 7) is 3.64. The Labute approximate surface area is 126 Å². The van der Waals surface area contributed by atoms with Crippen molar-refractivity contribution in [1.82, 2.24) is 14.7 Å². The maximum absolute atomic E-state index is 12.2. The standard InChI is InChI=1S/C15H26N4O2/c1-15(2,21)11-18(3)14(20)17-13-9-10-16-19(13)12-7-5-4-6-8-12/h9-10,12,21H,4-8,11H2,1-3H3,(H,17,20). The molecule has 0 saturated heterocycles. The van der Waals surface area contributed by atoms with Gasteiger partial charge in [0.25, 0.3) is 0 Å². The minimum Gasteiger partial charge on any atom is -0.389 e. The zero-order valence-corrected chi connectivity index (χ0v) is 13.2. The van der Waals surface area contributed by atoms with Gasteiger partial charge < -0.3 is 10.0 Å². The Morgan fingerprint density at radius 3 is 2.76 bits per heavy atom. The van der Waals surface area contributed by atoms with Gasteiger partial charge in [0.05, 0.1) is 24.4 Å². The predicted octanol–water partition coefficient (Wildman–Crippen LogP) is 2.62. The molecule has 6 nitrogen and oxygen atoms in total. The van der Waals surface area contributed by atoms with E-state index in [1.165, 1.54) is 24.2 Å². The summed E-state index contributed by atoms with van der Waals surface area (Å²) in [7, 11) is 1.68. The molecule has 1 heterocycles. The Kier molecular flexibility index (Phi) is 4.88. The lowest BCUT2D eigenvalue weighted by molar-refractivity contribution is 0.0550. The summed E-state index contributed by atoms with van der Waals surface area (Å²) >= 11 is 0. The highest BCUT2D eigenvalue weighted by molar-refractivity contribution is 5.88. The molecule has 2 rings (SSSR count). The molecule has 1 aliphatic carbocycles. The lowest BCUT2D eigenvalue weighted by Crippen LogP contribution is -2.42. The first-order valence-electron chi connectivity index (χ1n) is 7.65. The number of likely N-dealkylation sites (N-methyl/N-ethyl adjacent to an activating group) is 1. The third-order valence-electron chi connectivity index (χ3n) is 3.80. The zero-order chi connectivity index (χ0) is 15.5. The number of anilines is 1. The van der Waals surface area contributed by atoms with Gasteiger partial charge in [-0.3, -0.25) is 5.32 Å². The number of aliphatic hydroxyl groups is 1. The van der Waals surface area contributed by atoms with E-state index >= 15 is 0 Å². The van der Waals surface area contributed by atoms with Gasteiger partial charge in [0.1, 0.15) is 5.82 Å². The second-order valence-electron chi connectivity index (χ2n) is 6.55. The molecule has 0 aliphatic heterocycles. The number of rotatable bonds is 4. The van der Waals surface area contributed by atoms with Crippen molar-refractivity contribution in [2.75, 3.05) is 18.9 Å². The highest BCUT2D eigenvalue weighted by Crippen LogP contribution is 2.29. The minimum atomic E-state index is -0.907. The maximum atomic E-state index is 12.2. The molecule has 0 spiro atoms. The molecule has 0 bridgehead atoms. The highest BCUT2D eigenvalue weighted by Gasteiger charge is 2.22. The second-order valence-corrected chi connectivity index (χ2v) is 6.55. The van der Waals surface area contributed by atoms with E-state index in [1.54, 1.807) is 27.1 Å². The van der Waals surface area contributed by atoms with Crippen molar-refractivity contribution >= 4 is 11.8 Å². The molecule has 0 aromatic carbocycles. The molecule has 2 N–H and O–H groups in total. The van der Waals surface area contributed by atoms with Gasteiger partial charge >= 0.3 is 6.03 Å². The van der Waals surface area contributed by atoms with Crippen molar-refractivity contribution in [2.45, 2.75) is 57.6 Å². The number of hydrogen-bond donors (Lipinski definition) is 2. The number of urea groups is 1. The minimum absolute atomic E-state index is 0.227. The zero-order valence-electron chi connectivity index (χ0n) is 13.2. The number of amides is 2. The Balaban J connectivity index is 1.99. The lowest BCUT2D eigenvalue weighted by Gasteiger charge is -2.27. The molecule has 118 valence electrons. The molecular weight excluding hydrogens is 268 g/mol. The van der Waals surface area contributed by atoms with E-state index < -0.39 is 5.60 Å². The maximum Gasteiger partial charge on any atom is 0.322 e. The van der Waals surface area contributed by atoms with E-state index in [9.17, 15) is 9.90 Å². The van der Waals surface area contributed by atoms with Crippen LogP contribution in [0.1, 0.15) is 52.0 Å². The fourth-order valence-electron chi connectivity index (χ4n) is 2.89. The van der Waals surface area contributed by atoms with Gasteiger partial charge in [-0.2, -0.15) is 5.10 Å². The lowest BCUT2D eigenvalue weighted by atomic mass is 9.96. The van der Waals surface area contributed by atoms with Crippen LogP contribution in [0.5, 0.6) is 0 Å². The summed E-state index contributed by atoms with van der Waals surface area (Å²) < 4.78 is 1.93. The molecule has 1 saturated carbocycles. The number of carbonyl (C=O) groups is 1. The number of nitrogens with zero attached hydrogens (tertiary/aromatic N) is 3. The van der Waals surface area contributed by atoms with Crippen LogP contribution >= 0.6 is 0 Å². The van der Waals surface area contributed by atoms with Crippen LogP contribution in [0.4, 0.5) is 10.6 Å². The van der Waals surface area contributed by atoms with E-state index in [0.29, 0.717) is 6.04 Å². The first-order valence-corrected chi connectivity index (χ1v) is 7.65. The third kappa shape index (κ3) is 4.46. The fourth-order valence-corrected chi connectivity index (χ4v) is 2.89. The summed E-state index contributed by atoms with van der Waals surface area (Å²) in [6, 6.07) is 1.98. The third-order valence-corrected chi connectivity index (χ3v) is 3.80. The van der Waals surface area contributed by atoms with E-state index in [2.05, 4.69) is 10.4 Å². The number of hydrogen-bond acceptors (Lipinski definition) is 3. The van der Waals surface area contributed by atoms with Crippen LogP contribution in [0.15, 0.2) is 12.3 Å². The summed E-state index contributed by atoms with van der Waals surface area (Å²) in [6.07, 6.45) is 7.68. The first-order chi connectivity index (χ1) is 9.87. The smallest absolute Gasteiger partial charge is 0.322 e. The van der Waals surface area contributed by atoms with Crippen molar-refractivity contribution in [3.05, 3.63) is 12.3 Å². The van der Waals surface area contributed by atoms with Crippen molar-refractivity contribution in [2.24, 2.45) is 0 Å². The van der Waals surface area contributed by atoms with Crippen LogP contribution in [-0.2, 0) is 0 Å². The van der Waals surface area contributed by atoms with E-state index in [4.69, 9.17) is 0 Å². The number of carbonyl (C=O) groups excluding carboxylic acids is 1. The van der Waals surface area contributed by atoms with E-state index in [-0.39, 0.29) is 12.6 Å². The summed E-state index contributed by atoms with van der Waals surface area (Å²) in [5, 5.41) is 17.0. The van der Waals surface area contributed by atoms with Gasteiger partial charge in [0.15, 0.2) is 0 Å². The van der Waals surface area contributed by atoms with Gasteiger partial charge in [-0.15, -0.1) is 0 Å². The van der Waals surface area contributed by atoms with Crippen LogP contribution in [0.25, 0.3) is 0 Å². The van der Waals surface area contributed by atoms with Gasteiger partial charge in [-0.25, -0.2) is 9.48 Å². The second kappa shape index (κ2) is 6.47. The highest BCUT2D eigenvalue weighted by atomic mass is 16.3. The Bertz CT molecular complexity index is 472. The summed E-state index contributed by atoms with van der Waals surface area (Å²) in [5.74, 6) is 0.731. The molecule has 1 aromatic heterocycles. The number of aromatic nitrogens is 2. The van der Waals surface area contributed by atoms with Crippen LogP contribution in [-0.4, -0.2) is 45.0 Å². The predicted molar refractivity (Wildman–Crippen MR) is 82.3 cm³/mol. The van der Waals surface area contributed by atoms with Crippen LogP contribution in [0.2, 0.25) is 0 Å². The van der Waals surface area contributed by atoms with Gasteiger partial charge in [-0.1, -0.05) is 19.3 Å². The van der Waals surface area contributed by atoms with E-state index in [1.807, 2.05) is 10.7 Å². The van der Waals surface area contributed by atoms with E-state index in [0.717, 1.165) is 18.7 Å². The molecule has 0 unspecified atom stereocenters. The van der Waals surface area contributed by atoms with Gasteiger partial charge in [0, 0.05) is 13.1 Å². The average molecular weight is 294 g/mol. The van der Waals surface area contributed by atoms with Crippen LogP contribution < -0.4 is 5.32 Å². The monoisotopic (exact) mass is 294 g/mol. The van der Waals surface area contributed by atoms with Gasteiger partial charge in [0.2, 0.25) is 0 Å². The molecular formula is C15H26N4O2. The largest absolute Gasteiger partial charge is 0.389 e. The SMILES string of the molecule is CN(CC(C)(C)O)C(=O)Nc1ccnn1C1CCCCC1. The van der Waals surface area contributed by atoms with Crippen molar-refractivity contribution < 1.29 is 9.90 Å². The van der Waals surface area contributed by atoms with Crippen LogP contribution in [0.3, 0.4) is 0 Å². The van der Waals surface area contributed by atoms with Crippen molar-refractivity contribution in [3.63, 3.8) is 0 Å². The molecule has 21 heavy (non-hydrogen) atoms. The van der Waals surface area contributed by atoms with Crippen molar-refractivity contribution in [1.29, 1.82) is 0 Å². The topological polar surface area (TPSA) is 70.4 Å². The molecule has 6 heteroatoms. The molecule has 1 aromatic rings. The Hall–Kier alpha value is -1.56. The van der Waals surface area contributed by atoms with Gasteiger partial charge in [-0.05, 0) is 26.7 Å². The van der Waals surface area contributed by atoms with Crippen LogP contribution in [0, 0.1) is 0 Å². The molecule has 1 fully saturated rings. The fraction of sp³-hybridized carbons (Fsp3) is 0.733. The quantitative estimate of drug-likeness (QED) is 0.896. The number of nitrogens with one attached hydrogen (secondary N) is 1. The molecule has 0 atom stereocenters. The summed E-state index contributed by atoms with van der Waals surface area (Å²) in [5.41, 5.74) is -0.907. The van der Waals surface area contributed by atoms with Crippen molar-refractivity contribution in [3.8, 4) is 0 Å². The Morgan fingerprint density at radius 2 is 2.14 bits per heavy atom. The molecule has 1 aliphatic rings. The molecule has 0 radical (unpaired) electrons. The summed E-state index contributed by atoms with van der Waals surface area (Å²) in [4.78, 5) is 13.7. The normalized spacial score (nSPS) is 16.8. The molecule has 2 amide bonds.